The Labute approximate surface area is 172 Å². The van der Waals surface area contributed by atoms with Gasteiger partial charge in [0.1, 0.15) is 11.6 Å². The lowest BCUT2D eigenvalue weighted by molar-refractivity contribution is 0.386. The summed E-state index contributed by atoms with van der Waals surface area (Å²) >= 11 is 5.97. The monoisotopic (exact) mass is 435 g/mol. The van der Waals surface area contributed by atoms with Gasteiger partial charge in [0.25, 0.3) is 0 Å². The standard InChI is InChI=1S/C20H16ClF2N3O2S/c21-18-9-17(23)6-3-14(18)12-29(27,28)26-8-7-19-15(11-26)10-24-20(25-19)13-1-4-16(22)5-2-13/h1-6,9-10H,7-8,11-12H2. The van der Waals surface area contributed by atoms with Crippen molar-refractivity contribution in [1.82, 2.24) is 14.3 Å². The van der Waals surface area contributed by atoms with Crippen LogP contribution < -0.4 is 0 Å². The fourth-order valence-electron chi connectivity index (χ4n) is 3.19. The molecule has 0 atom stereocenters. The van der Waals surface area contributed by atoms with E-state index in [4.69, 9.17) is 11.6 Å². The molecule has 29 heavy (non-hydrogen) atoms. The van der Waals surface area contributed by atoms with Gasteiger partial charge in [0.05, 0.1) is 11.4 Å². The van der Waals surface area contributed by atoms with Crippen LogP contribution in [0.5, 0.6) is 0 Å². The van der Waals surface area contributed by atoms with Crippen molar-refractivity contribution in [3.05, 3.63) is 82.1 Å². The van der Waals surface area contributed by atoms with Gasteiger partial charge in [-0.25, -0.2) is 27.2 Å². The zero-order chi connectivity index (χ0) is 20.6. The number of hydrogen-bond acceptors (Lipinski definition) is 4. The van der Waals surface area contributed by atoms with E-state index in [-0.39, 0.29) is 29.7 Å². The van der Waals surface area contributed by atoms with Gasteiger partial charge < -0.3 is 0 Å². The average Bonchev–Trinajstić information content (AvgIpc) is 2.70. The summed E-state index contributed by atoms with van der Waals surface area (Å²) in [6.45, 7) is 0.425. The number of halogens is 3. The van der Waals surface area contributed by atoms with Crippen molar-refractivity contribution >= 4 is 21.6 Å². The molecular weight excluding hydrogens is 420 g/mol. The molecule has 0 amide bonds. The zero-order valence-corrected chi connectivity index (χ0v) is 16.7. The Hall–Kier alpha value is -2.42. The highest BCUT2D eigenvalue weighted by molar-refractivity contribution is 7.88. The molecule has 0 N–H and O–H groups in total. The third-order valence-corrected chi connectivity index (χ3v) is 6.87. The molecule has 2 aromatic carbocycles. The number of rotatable bonds is 4. The number of hydrogen-bond donors (Lipinski definition) is 0. The summed E-state index contributed by atoms with van der Waals surface area (Å²) in [4.78, 5) is 8.82. The molecule has 1 aliphatic rings. The Morgan fingerprint density at radius 3 is 2.52 bits per heavy atom. The van der Waals surface area contributed by atoms with Crippen LogP contribution in [-0.4, -0.2) is 29.2 Å². The first kappa shape index (κ1) is 19.9. The maximum absolute atomic E-state index is 13.2. The zero-order valence-electron chi connectivity index (χ0n) is 15.1. The molecule has 9 heteroatoms. The second kappa shape index (κ2) is 7.78. The van der Waals surface area contributed by atoms with Crippen molar-refractivity contribution in [1.29, 1.82) is 0 Å². The highest BCUT2D eigenvalue weighted by Crippen LogP contribution is 2.26. The van der Waals surface area contributed by atoms with Gasteiger partial charge >= 0.3 is 0 Å². The summed E-state index contributed by atoms with van der Waals surface area (Å²) in [5.74, 6) is -0.695. The highest BCUT2D eigenvalue weighted by atomic mass is 35.5. The average molecular weight is 436 g/mol. The topological polar surface area (TPSA) is 63.2 Å². The minimum absolute atomic E-state index is 0.0817. The summed E-state index contributed by atoms with van der Waals surface area (Å²) in [6.07, 6.45) is 2.04. The van der Waals surface area contributed by atoms with Crippen molar-refractivity contribution in [3.63, 3.8) is 0 Å². The van der Waals surface area contributed by atoms with Gasteiger partial charge in [0.15, 0.2) is 5.82 Å². The highest BCUT2D eigenvalue weighted by Gasteiger charge is 2.28. The maximum atomic E-state index is 13.2. The smallest absolute Gasteiger partial charge is 0.218 e. The number of fused-ring (bicyclic) bond motifs is 1. The second-order valence-corrected chi connectivity index (χ2v) is 9.12. The van der Waals surface area contributed by atoms with Gasteiger partial charge in [0.2, 0.25) is 10.0 Å². The molecule has 0 fully saturated rings. The van der Waals surface area contributed by atoms with E-state index in [1.165, 1.54) is 28.6 Å². The molecule has 5 nitrogen and oxygen atoms in total. The van der Waals surface area contributed by atoms with Gasteiger partial charge in [-0.05, 0) is 42.0 Å². The molecule has 0 radical (unpaired) electrons. The molecule has 0 unspecified atom stereocenters. The Balaban J connectivity index is 1.54. The van der Waals surface area contributed by atoms with E-state index in [9.17, 15) is 17.2 Å². The van der Waals surface area contributed by atoms with E-state index in [0.29, 0.717) is 23.4 Å². The van der Waals surface area contributed by atoms with E-state index < -0.39 is 15.8 Å². The Bertz CT molecular complexity index is 1170. The summed E-state index contributed by atoms with van der Waals surface area (Å²) in [6, 6.07) is 9.55. The van der Waals surface area contributed by atoms with Crippen molar-refractivity contribution in [2.24, 2.45) is 0 Å². The van der Waals surface area contributed by atoms with E-state index in [2.05, 4.69) is 9.97 Å². The van der Waals surface area contributed by atoms with Crippen LogP contribution in [0.3, 0.4) is 0 Å². The van der Waals surface area contributed by atoms with Crippen LogP contribution in [0.25, 0.3) is 11.4 Å². The Morgan fingerprint density at radius 1 is 1.07 bits per heavy atom. The summed E-state index contributed by atoms with van der Waals surface area (Å²) in [7, 11) is -3.65. The molecule has 2 heterocycles. The molecule has 4 rings (SSSR count). The number of sulfonamides is 1. The lowest BCUT2D eigenvalue weighted by atomic mass is 10.1. The molecule has 0 aliphatic carbocycles. The predicted molar refractivity (Wildman–Crippen MR) is 106 cm³/mol. The molecule has 1 aliphatic heterocycles. The first-order chi connectivity index (χ1) is 13.8. The third kappa shape index (κ3) is 4.29. The summed E-state index contributed by atoms with van der Waals surface area (Å²) in [5.41, 5.74) is 2.53. The van der Waals surface area contributed by atoms with Gasteiger partial charge in [-0.2, -0.15) is 4.31 Å². The summed E-state index contributed by atoms with van der Waals surface area (Å²) < 4.78 is 53.3. The molecule has 0 saturated carbocycles. The fraction of sp³-hybridized carbons (Fsp3) is 0.200. The molecule has 3 aromatic rings. The van der Waals surface area contributed by atoms with E-state index in [0.717, 1.165) is 17.3 Å². The lowest BCUT2D eigenvalue weighted by Gasteiger charge is -2.27. The third-order valence-electron chi connectivity index (χ3n) is 4.75. The Kier molecular flexibility index (Phi) is 5.33. The van der Waals surface area contributed by atoms with Crippen molar-refractivity contribution < 1.29 is 17.2 Å². The maximum Gasteiger partial charge on any atom is 0.218 e. The minimum Gasteiger partial charge on any atom is -0.236 e. The second-order valence-electron chi connectivity index (χ2n) is 6.75. The van der Waals surface area contributed by atoms with Gasteiger partial charge in [-0.1, -0.05) is 17.7 Å². The van der Waals surface area contributed by atoms with Crippen molar-refractivity contribution in [2.45, 2.75) is 18.7 Å². The van der Waals surface area contributed by atoms with Crippen LogP contribution in [0.2, 0.25) is 5.02 Å². The van der Waals surface area contributed by atoms with E-state index in [1.807, 2.05) is 0 Å². The first-order valence-electron chi connectivity index (χ1n) is 8.84. The van der Waals surface area contributed by atoms with Crippen LogP contribution in [0.15, 0.2) is 48.7 Å². The number of aromatic nitrogens is 2. The SMILES string of the molecule is O=S(=O)(Cc1ccc(F)cc1Cl)N1CCc2nc(-c3ccc(F)cc3)ncc2C1. The van der Waals surface area contributed by atoms with Crippen molar-refractivity contribution in [3.8, 4) is 11.4 Å². The van der Waals surface area contributed by atoms with Crippen LogP contribution in [0.1, 0.15) is 16.8 Å². The van der Waals surface area contributed by atoms with Crippen LogP contribution in [0, 0.1) is 11.6 Å². The largest absolute Gasteiger partial charge is 0.236 e. The van der Waals surface area contributed by atoms with Gasteiger partial charge in [-0.15, -0.1) is 0 Å². The van der Waals surface area contributed by atoms with Crippen LogP contribution in [-0.2, 0) is 28.7 Å². The van der Waals surface area contributed by atoms with Crippen molar-refractivity contribution in [2.75, 3.05) is 6.54 Å². The van der Waals surface area contributed by atoms with E-state index >= 15 is 0 Å². The molecule has 150 valence electrons. The van der Waals surface area contributed by atoms with E-state index in [1.54, 1.807) is 18.3 Å². The molecule has 0 spiro atoms. The van der Waals surface area contributed by atoms with Gasteiger partial charge in [0, 0.05) is 41.9 Å². The van der Waals surface area contributed by atoms with Crippen LogP contribution >= 0.6 is 11.6 Å². The lowest BCUT2D eigenvalue weighted by Crippen LogP contribution is -2.37. The first-order valence-corrected chi connectivity index (χ1v) is 10.8. The fourth-order valence-corrected chi connectivity index (χ4v) is 5.04. The quantitative estimate of drug-likeness (QED) is 0.622. The number of benzene rings is 2. The minimum atomic E-state index is -3.65. The normalized spacial score (nSPS) is 14.6. The molecular formula is C20H16ClF2N3O2S. The van der Waals surface area contributed by atoms with Crippen LogP contribution in [0.4, 0.5) is 8.78 Å². The molecule has 1 aromatic heterocycles. The van der Waals surface area contributed by atoms with Gasteiger partial charge in [-0.3, -0.25) is 0 Å². The summed E-state index contributed by atoms with van der Waals surface area (Å²) in [5, 5.41) is 0.0817. The molecule has 0 bridgehead atoms. The Morgan fingerprint density at radius 2 is 1.79 bits per heavy atom. The number of nitrogens with zero attached hydrogens (tertiary/aromatic N) is 3. The molecule has 0 saturated heterocycles. The predicted octanol–water partition coefficient (Wildman–Crippen LogP) is 3.96.